The molecule has 0 aliphatic rings. The molecule has 0 aromatic rings. The van der Waals surface area contributed by atoms with Gasteiger partial charge in [-0.25, -0.2) is 0 Å². The summed E-state index contributed by atoms with van der Waals surface area (Å²) in [7, 11) is 6.64. The highest BCUT2D eigenvalue weighted by Crippen LogP contribution is 2.26. The molecule has 0 amide bonds. The summed E-state index contributed by atoms with van der Waals surface area (Å²) in [5, 5.41) is 2.85. The summed E-state index contributed by atoms with van der Waals surface area (Å²) in [6, 6.07) is 0. The van der Waals surface area contributed by atoms with Crippen LogP contribution in [0.5, 0.6) is 0 Å². The number of hydrogen-bond donors (Lipinski definition) is 1. The van der Waals surface area contributed by atoms with E-state index in [2.05, 4.69) is 28.2 Å². The van der Waals surface area contributed by atoms with Crippen LogP contribution in [0.1, 0.15) is 0 Å². The molecule has 0 aliphatic heterocycles. The lowest BCUT2D eigenvalue weighted by molar-refractivity contribution is 0.948. The van der Waals surface area contributed by atoms with Gasteiger partial charge in [-0.05, 0) is 21.6 Å². The zero-order valence-corrected chi connectivity index (χ0v) is 11.4. The van der Waals surface area contributed by atoms with Gasteiger partial charge in [0.1, 0.15) is 4.32 Å². The average molecular weight is 338 g/mol. The molecular formula is C4H7IN2S4. The second kappa shape index (κ2) is 6.70. The molecule has 64 valence electrons. The maximum Gasteiger partial charge on any atom is 0.155 e. The second-order valence-corrected chi connectivity index (χ2v) is 6.33. The molecule has 7 heteroatoms. The largest absolute Gasteiger partial charge is 0.373 e. The number of nitrogens with one attached hydrogen (secondary N) is 1. The molecule has 0 spiro atoms. The molecule has 1 N–H and O–H groups in total. The van der Waals surface area contributed by atoms with E-state index < -0.39 is 0 Å². The van der Waals surface area contributed by atoms with E-state index in [4.69, 9.17) is 24.4 Å². The van der Waals surface area contributed by atoms with Gasteiger partial charge in [0, 0.05) is 14.1 Å². The zero-order chi connectivity index (χ0) is 8.85. The van der Waals surface area contributed by atoms with Crippen molar-refractivity contribution < 1.29 is 0 Å². The summed E-state index contributed by atoms with van der Waals surface area (Å²) in [5.74, 6) is 0. The second-order valence-electron chi connectivity index (χ2n) is 1.45. The van der Waals surface area contributed by atoms with Crippen LogP contribution in [-0.2, 0) is 0 Å². The van der Waals surface area contributed by atoms with Crippen molar-refractivity contribution in [1.82, 2.24) is 8.43 Å². The minimum atomic E-state index is 0.746. The van der Waals surface area contributed by atoms with Crippen molar-refractivity contribution in [2.75, 3.05) is 14.1 Å². The predicted octanol–water partition coefficient (Wildman–Crippen LogP) is 2.44. The van der Waals surface area contributed by atoms with Crippen LogP contribution in [0.4, 0.5) is 0 Å². The van der Waals surface area contributed by atoms with Crippen LogP contribution in [0.15, 0.2) is 0 Å². The first-order valence-electron chi connectivity index (χ1n) is 2.57. The monoisotopic (exact) mass is 338 g/mol. The molecule has 0 unspecified atom stereocenters. The Kier molecular flexibility index (Phi) is 7.43. The van der Waals surface area contributed by atoms with Crippen LogP contribution >= 0.6 is 68.9 Å². The van der Waals surface area contributed by atoms with Gasteiger partial charge in [-0.1, -0.05) is 24.4 Å². The van der Waals surface area contributed by atoms with Gasteiger partial charge < -0.3 is 8.43 Å². The molecule has 0 aromatic carbocycles. The van der Waals surface area contributed by atoms with Gasteiger partial charge >= 0.3 is 0 Å². The standard InChI is InChI=1S/C4H7IN2S4/c1-6-3(8)10-11-4(9)7(2)5/h1-2H3,(H,6,8). The molecule has 0 aromatic heterocycles. The van der Waals surface area contributed by atoms with Crippen LogP contribution in [0.25, 0.3) is 0 Å². The first-order valence-corrected chi connectivity index (χ1v) is 6.50. The van der Waals surface area contributed by atoms with Crippen LogP contribution in [0, 0.1) is 0 Å². The first kappa shape index (κ1) is 12.2. The molecule has 0 radical (unpaired) electrons. The Hall–Kier alpha value is 1.21. The molecule has 0 saturated heterocycles. The lowest BCUT2D eigenvalue weighted by atomic mass is 11.2. The molecule has 0 bridgehead atoms. The fourth-order valence-electron chi connectivity index (χ4n) is 0.167. The minimum Gasteiger partial charge on any atom is -0.373 e. The van der Waals surface area contributed by atoms with E-state index >= 15 is 0 Å². The van der Waals surface area contributed by atoms with Gasteiger partial charge in [0.15, 0.2) is 4.32 Å². The summed E-state index contributed by atoms with van der Waals surface area (Å²) in [6.45, 7) is 0. The lowest BCUT2D eigenvalue weighted by Crippen LogP contribution is -2.12. The van der Waals surface area contributed by atoms with Crippen LogP contribution in [-0.4, -0.2) is 25.8 Å². The van der Waals surface area contributed by atoms with Crippen molar-refractivity contribution in [2.45, 2.75) is 0 Å². The quantitative estimate of drug-likeness (QED) is 0.314. The van der Waals surface area contributed by atoms with E-state index in [0.717, 1.165) is 8.64 Å². The fraction of sp³-hybridized carbons (Fsp3) is 0.500. The highest BCUT2D eigenvalue weighted by molar-refractivity contribution is 14.1. The van der Waals surface area contributed by atoms with Crippen molar-refractivity contribution in [3.63, 3.8) is 0 Å². The normalized spacial score (nSPS) is 9.00. The number of hydrogen-bond acceptors (Lipinski definition) is 4. The van der Waals surface area contributed by atoms with E-state index in [1.807, 2.05) is 10.2 Å². The third kappa shape index (κ3) is 6.38. The Balaban J connectivity index is 3.54. The molecule has 11 heavy (non-hydrogen) atoms. The maximum absolute atomic E-state index is 5.02. The first-order chi connectivity index (χ1) is 5.07. The third-order valence-electron chi connectivity index (χ3n) is 0.644. The number of halogens is 1. The Bertz CT molecular complexity index is 160. The van der Waals surface area contributed by atoms with E-state index in [0.29, 0.717) is 0 Å². The summed E-state index contributed by atoms with van der Waals surface area (Å²) < 4.78 is 3.41. The zero-order valence-electron chi connectivity index (χ0n) is 5.96. The van der Waals surface area contributed by atoms with Crippen LogP contribution in [0.2, 0.25) is 0 Å². The molecule has 2 nitrogen and oxygen atoms in total. The third-order valence-corrected chi connectivity index (χ3v) is 5.47. The lowest BCUT2D eigenvalue weighted by Gasteiger charge is -2.08. The molecule has 0 saturated carbocycles. The van der Waals surface area contributed by atoms with Gasteiger partial charge in [-0.2, -0.15) is 0 Å². The molecular weight excluding hydrogens is 331 g/mol. The number of rotatable bonds is 0. The predicted molar refractivity (Wildman–Crippen MR) is 71.2 cm³/mol. The highest BCUT2D eigenvalue weighted by Gasteiger charge is 2.03. The van der Waals surface area contributed by atoms with Crippen molar-refractivity contribution in [2.24, 2.45) is 0 Å². The van der Waals surface area contributed by atoms with E-state index in [-0.39, 0.29) is 0 Å². The van der Waals surface area contributed by atoms with Crippen molar-refractivity contribution in [3.05, 3.63) is 0 Å². The van der Waals surface area contributed by atoms with Crippen molar-refractivity contribution >= 4 is 77.5 Å². The van der Waals surface area contributed by atoms with Crippen molar-refractivity contribution in [1.29, 1.82) is 0 Å². The van der Waals surface area contributed by atoms with E-state index in [9.17, 15) is 0 Å². The summed E-state index contributed by atoms with van der Waals surface area (Å²) in [6.07, 6.45) is 0. The molecule has 0 fully saturated rings. The fourth-order valence-corrected chi connectivity index (χ4v) is 2.83. The Morgan fingerprint density at radius 2 is 2.00 bits per heavy atom. The molecule has 0 atom stereocenters. The number of thiocarbonyl (C=S) groups is 2. The smallest absolute Gasteiger partial charge is 0.155 e. The Morgan fingerprint density at radius 1 is 1.45 bits per heavy atom. The molecule has 0 rings (SSSR count). The van der Waals surface area contributed by atoms with Gasteiger partial charge in [0.05, 0.1) is 22.9 Å². The Labute approximate surface area is 99.1 Å². The molecule has 0 heterocycles. The average Bonchev–Trinajstić information content (AvgIpc) is 1.99. The minimum absolute atomic E-state index is 0.746. The number of nitrogens with zero attached hydrogens (tertiary/aromatic N) is 1. The summed E-state index contributed by atoms with van der Waals surface area (Å²) in [5.41, 5.74) is 0. The van der Waals surface area contributed by atoms with E-state index in [1.165, 1.54) is 21.6 Å². The topological polar surface area (TPSA) is 15.3 Å². The van der Waals surface area contributed by atoms with E-state index in [1.54, 1.807) is 7.05 Å². The SMILES string of the molecule is CNC(=S)SSC(=S)N(C)I. The van der Waals surface area contributed by atoms with Gasteiger partial charge in [-0.3, -0.25) is 0 Å². The van der Waals surface area contributed by atoms with Gasteiger partial charge in [0.25, 0.3) is 0 Å². The van der Waals surface area contributed by atoms with Crippen LogP contribution < -0.4 is 5.32 Å². The summed E-state index contributed by atoms with van der Waals surface area (Å²) >= 11 is 12.0. The Morgan fingerprint density at radius 3 is 2.36 bits per heavy atom. The molecule has 0 aliphatic carbocycles. The highest BCUT2D eigenvalue weighted by atomic mass is 127. The van der Waals surface area contributed by atoms with Crippen molar-refractivity contribution in [3.8, 4) is 0 Å². The summed E-state index contributed by atoms with van der Waals surface area (Å²) in [4.78, 5) is 0. The van der Waals surface area contributed by atoms with Gasteiger partial charge in [-0.15, -0.1) is 0 Å². The maximum atomic E-state index is 5.02. The van der Waals surface area contributed by atoms with Gasteiger partial charge in [0.2, 0.25) is 0 Å². The van der Waals surface area contributed by atoms with Crippen LogP contribution in [0.3, 0.4) is 0 Å².